The lowest BCUT2D eigenvalue weighted by Crippen LogP contribution is -2.22. The Morgan fingerprint density at radius 3 is 2.43 bits per heavy atom. The van der Waals surface area contributed by atoms with Gasteiger partial charge in [-0.05, 0) is 12.5 Å². The number of hydroxylamine groups is 2. The van der Waals surface area contributed by atoms with Gasteiger partial charge < -0.3 is 0 Å². The zero-order valence-corrected chi connectivity index (χ0v) is 8.68. The Kier molecular flexibility index (Phi) is 4.06. The first-order chi connectivity index (χ1) is 6.61. The molecule has 1 aromatic carbocycles. The Morgan fingerprint density at radius 2 is 1.93 bits per heavy atom. The Hall–Kier alpha value is -0.910. The summed E-state index contributed by atoms with van der Waals surface area (Å²) in [5.74, 6) is 0. The van der Waals surface area contributed by atoms with Gasteiger partial charge in [0.1, 0.15) is 0 Å². The highest BCUT2D eigenvalue weighted by Crippen LogP contribution is 2.17. The molecule has 77 valence electrons. The van der Waals surface area contributed by atoms with Gasteiger partial charge >= 0.3 is 0 Å². The predicted octanol–water partition coefficient (Wildman–Crippen LogP) is 0.952. The molecule has 0 amide bonds. The molecule has 1 radical (unpaired) electrons. The van der Waals surface area contributed by atoms with Gasteiger partial charge in [0.25, 0.3) is 11.0 Å². The van der Waals surface area contributed by atoms with Crippen molar-refractivity contribution in [3.8, 4) is 0 Å². The average molecular weight is 214 g/mol. The van der Waals surface area contributed by atoms with E-state index in [1.807, 2.05) is 30.3 Å². The minimum atomic E-state index is -2.88. The maximum Gasteiger partial charge on any atom is 0.273 e. The first-order valence-electron chi connectivity index (χ1n) is 4.04. The molecule has 0 aliphatic carbocycles. The number of nitrogens with zero attached hydrogens (tertiary/aromatic N) is 1. The maximum absolute atomic E-state index is 10.3. The molecule has 0 aromatic heterocycles. The quantitative estimate of drug-likeness (QED) is 0.599. The van der Waals surface area contributed by atoms with Crippen LogP contribution in [0, 0.1) is 6.92 Å². The summed E-state index contributed by atoms with van der Waals surface area (Å²) in [6.07, 6.45) is 0. The van der Waals surface area contributed by atoms with E-state index >= 15 is 0 Å². The first-order valence-corrected chi connectivity index (χ1v) is 5.14. The Labute approximate surface area is 85.2 Å². The lowest BCUT2D eigenvalue weighted by Gasteiger charge is -2.20. The highest BCUT2D eigenvalue weighted by molar-refractivity contribution is 7.67. The van der Waals surface area contributed by atoms with Gasteiger partial charge in [-0.2, -0.15) is 9.35 Å². The van der Waals surface area contributed by atoms with Crippen LogP contribution in [0.5, 0.6) is 0 Å². The van der Waals surface area contributed by atoms with Crippen LogP contribution in [-0.4, -0.2) is 20.5 Å². The monoisotopic (exact) mass is 214 g/mol. The van der Waals surface area contributed by atoms with Crippen molar-refractivity contribution in [2.75, 3.05) is 7.05 Å². The Balaban J connectivity index is 2.70. The van der Waals surface area contributed by atoms with Crippen molar-refractivity contribution in [1.29, 1.82) is 0 Å². The van der Waals surface area contributed by atoms with Crippen LogP contribution in [0.15, 0.2) is 30.3 Å². The van der Waals surface area contributed by atoms with Crippen LogP contribution in [0.1, 0.15) is 11.6 Å². The lowest BCUT2D eigenvalue weighted by atomic mass is 10.1. The number of hydrogen-bond donors (Lipinski definition) is 1. The van der Waals surface area contributed by atoms with E-state index in [-0.39, 0.29) is 6.04 Å². The summed E-state index contributed by atoms with van der Waals surface area (Å²) in [5, 5.41) is 1.20. The van der Waals surface area contributed by atoms with Crippen LogP contribution in [0.2, 0.25) is 0 Å². The topological polar surface area (TPSA) is 46.6 Å². The van der Waals surface area contributed by atoms with Gasteiger partial charge in [0.2, 0.25) is 0 Å². The molecule has 0 fully saturated rings. The van der Waals surface area contributed by atoms with Crippen LogP contribution >= 0.6 is 0 Å². The lowest BCUT2D eigenvalue weighted by molar-refractivity contribution is -0.0459. The minimum absolute atomic E-state index is 0.343. The zero-order valence-electron chi connectivity index (χ0n) is 7.79. The van der Waals surface area contributed by atoms with Crippen molar-refractivity contribution < 1.29 is 12.7 Å². The summed E-state index contributed by atoms with van der Waals surface area (Å²) in [5.41, 5.74) is 0.895. The van der Waals surface area contributed by atoms with Gasteiger partial charge in [-0.15, -0.1) is 0 Å². The molecule has 1 atom stereocenters. The molecule has 1 aromatic rings. The van der Waals surface area contributed by atoms with E-state index in [0.29, 0.717) is 0 Å². The second kappa shape index (κ2) is 5.09. The van der Waals surface area contributed by atoms with Crippen molar-refractivity contribution in [2.45, 2.75) is 6.04 Å². The van der Waals surface area contributed by atoms with E-state index in [0.717, 1.165) is 5.56 Å². The van der Waals surface area contributed by atoms with Crippen LogP contribution in [-0.2, 0) is 15.3 Å². The fraction of sp³-hybridized carbons (Fsp3) is 0.222. The number of benzene rings is 1. The van der Waals surface area contributed by atoms with Gasteiger partial charge in [0, 0.05) is 7.05 Å². The average Bonchev–Trinajstić information content (AvgIpc) is 2.17. The Morgan fingerprint density at radius 1 is 1.36 bits per heavy atom. The molecule has 0 spiro atoms. The number of rotatable bonds is 4. The second-order valence-corrected chi connectivity index (χ2v) is 3.39. The fourth-order valence-corrected chi connectivity index (χ4v) is 1.37. The first kappa shape index (κ1) is 11.2. The van der Waals surface area contributed by atoms with E-state index in [4.69, 9.17) is 0 Å². The van der Waals surface area contributed by atoms with E-state index in [1.54, 1.807) is 0 Å². The van der Waals surface area contributed by atoms with E-state index in [1.165, 1.54) is 12.1 Å². The molecule has 0 aliphatic heterocycles. The van der Waals surface area contributed by atoms with Crippen LogP contribution in [0.3, 0.4) is 0 Å². The molecular formula is C9H12NO3S. The standard InChI is InChI=1S/C9H12NO3S/c1-8(10(2)13-14(11)12)9-6-4-3-5-7-9/h3-8,14H,1H2,2H3/t8-/m0/s1. The van der Waals surface area contributed by atoms with Crippen LogP contribution < -0.4 is 0 Å². The van der Waals surface area contributed by atoms with E-state index < -0.39 is 11.0 Å². The molecule has 5 heteroatoms. The van der Waals surface area contributed by atoms with Crippen molar-refractivity contribution >= 4 is 11.0 Å². The van der Waals surface area contributed by atoms with Crippen molar-refractivity contribution in [3.63, 3.8) is 0 Å². The molecule has 0 unspecified atom stereocenters. The van der Waals surface area contributed by atoms with Gasteiger partial charge in [-0.25, -0.2) is 8.42 Å². The third-order valence-corrected chi connectivity index (χ3v) is 2.21. The molecule has 1 rings (SSSR count). The van der Waals surface area contributed by atoms with E-state index in [9.17, 15) is 8.42 Å². The molecule has 4 nitrogen and oxygen atoms in total. The highest BCUT2D eigenvalue weighted by atomic mass is 32.2. The number of thiol groups is 1. The summed E-state index contributed by atoms with van der Waals surface area (Å²) in [6.45, 7) is 3.79. The molecule has 0 saturated carbocycles. The highest BCUT2D eigenvalue weighted by Gasteiger charge is 2.12. The predicted molar refractivity (Wildman–Crippen MR) is 53.7 cm³/mol. The molecule has 0 heterocycles. The third kappa shape index (κ3) is 3.10. The van der Waals surface area contributed by atoms with Gasteiger partial charge in [-0.3, -0.25) is 0 Å². The second-order valence-electron chi connectivity index (χ2n) is 2.78. The molecular weight excluding hydrogens is 202 g/mol. The van der Waals surface area contributed by atoms with Crippen LogP contribution in [0.4, 0.5) is 0 Å². The van der Waals surface area contributed by atoms with Crippen molar-refractivity contribution in [2.24, 2.45) is 0 Å². The molecule has 0 saturated heterocycles. The van der Waals surface area contributed by atoms with Gasteiger partial charge in [0.05, 0.1) is 6.04 Å². The molecule has 0 aliphatic rings. The summed E-state index contributed by atoms with van der Waals surface area (Å²) in [7, 11) is -1.35. The fourth-order valence-electron chi connectivity index (χ4n) is 1.05. The molecule has 0 bridgehead atoms. The van der Waals surface area contributed by atoms with E-state index in [2.05, 4.69) is 11.2 Å². The van der Waals surface area contributed by atoms with Crippen molar-refractivity contribution in [3.05, 3.63) is 42.8 Å². The van der Waals surface area contributed by atoms with Crippen molar-refractivity contribution in [1.82, 2.24) is 5.06 Å². The third-order valence-electron chi connectivity index (χ3n) is 1.82. The Bertz CT molecular complexity index is 342. The van der Waals surface area contributed by atoms with Crippen LogP contribution in [0.25, 0.3) is 0 Å². The molecule has 0 N–H and O–H groups in total. The SMILES string of the molecule is [CH2][C@@H](c1ccccc1)N(C)O[SH](=O)=O. The summed E-state index contributed by atoms with van der Waals surface area (Å²) in [4.78, 5) is 0. The summed E-state index contributed by atoms with van der Waals surface area (Å²) < 4.78 is 25.1. The summed E-state index contributed by atoms with van der Waals surface area (Å²) >= 11 is 0. The zero-order chi connectivity index (χ0) is 10.6. The minimum Gasteiger partial charge on any atom is -0.201 e. The maximum atomic E-state index is 10.3. The van der Waals surface area contributed by atoms with Gasteiger partial charge in [-0.1, -0.05) is 30.3 Å². The molecule has 14 heavy (non-hydrogen) atoms. The normalized spacial score (nSPS) is 13.4. The summed E-state index contributed by atoms with van der Waals surface area (Å²) in [6, 6.07) is 8.97. The number of hydrogen-bond acceptors (Lipinski definition) is 4. The smallest absolute Gasteiger partial charge is 0.201 e. The van der Waals surface area contributed by atoms with Gasteiger partial charge in [0.15, 0.2) is 0 Å². The largest absolute Gasteiger partial charge is 0.273 e.